The average Bonchev–Trinajstić information content (AvgIpc) is 2.84. The summed E-state index contributed by atoms with van der Waals surface area (Å²) in [5, 5.41) is 0. The van der Waals surface area contributed by atoms with Gasteiger partial charge >= 0.3 is 7.25 Å². The second-order valence-corrected chi connectivity index (χ2v) is 9.53. The highest BCUT2D eigenvalue weighted by atomic mass is 19.5. The van der Waals surface area contributed by atoms with Crippen molar-refractivity contribution in [2.45, 2.75) is 64.3 Å². The molecule has 0 bridgehead atoms. The molecule has 0 spiro atoms. The minimum Gasteiger partial charge on any atom is -0.418 e. The number of para-hydroxylation sites is 1. The Labute approximate surface area is 171 Å². The molecule has 29 heavy (non-hydrogen) atoms. The quantitative estimate of drug-likeness (QED) is 0.283. The van der Waals surface area contributed by atoms with Crippen LogP contribution in [0.2, 0.25) is 0 Å². The molecule has 0 radical (unpaired) electrons. The number of rotatable bonds is 2. The number of nitrogens with zero attached hydrogens (tertiary/aromatic N) is 1. The van der Waals surface area contributed by atoms with E-state index in [-0.39, 0.29) is 16.4 Å². The lowest BCUT2D eigenvalue weighted by molar-refractivity contribution is -0.512. The predicted molar refractivity (Wildman–Crippen MR) is 114 cm³/mol. The molecule has 0 saturated heterocycles. The van der Waals surface area contributed by atoms with Gasteiger partial charge in [0.25, 0.3) is 0 Å². The Morgan fingerprint density at radius 2 is 1.31 bits per heavy atom. The molecule has 0 amide bonds. The van der Waals surface area contributed by atoms with E-state index < -0.39 is 7.25 Å². The molecule has 3 rings (SSSR count). The molecule has 6 heteroatoms. The minimum atomic E-state index is -6.00. The van der Waals surface area contributed by atoms with Gasteiger partial charge in [0.05, 0.1) is 5.41 Å². The van der Waals surface area contributed by atoms with Gasteiger partial charge in [0.2, 0.25) is 5.69 Å². The smallest absolute Gasteiger partial charge is 0.418 e. The van der Waals surface area contributed by atoms with E-state index in [0.29, 0.717) is 0 Å². The first-order chi connectivity index (χ1) is 13.1. The summed E-state index contributed by atoms with van der Waals surface area (Å²) in [5.74, 6) is 0. The lowest BCUT2D eigenvalue weighted by Gasteiger charge is -2.25. The van der Waals surface area contributed by atoms with Gasteiger partial charge in [-0.05, 0) is 17.9 Å². The molecule has 1 heterocycles. The van der Waals surface area contributed by atoms with Gasteiger partial charge < -0.3 is 17.3 Å². The van der Waals surface area contributed by atoms with Crippen LogP contribution in [0.1, 0.15) is 59.1 Å². The molecule has 0 aliphatic carbocycles. The molecular formula is C23H30BF4N. The Bertz CT molecular complexity index is 860. The molecular weight excluding hydrogens is 377 g/mol. The highest BCUT2D eigenvalue weighted by Crippen LogP contribution is 2.43. The van der Waals surface area contributed by atoms with Crippen LogP contribution in [-0.4, -0.2) is 23.6 Å². The normalized spacial score (nSPS) is 21.2. The average molecular weight is 407 g/mol. The SMILES string of the molecule is CC(C)(C)c1ccccc1[N+]1=CC(C)(c2ccccc2)CC1(C)C.F[B-](F)(F)F. The number of hydrogen-bond donors (Lipinski definition) is 0. The van der Waals surface area contributed by atoms with E-state index in [1.54, 1.807) is 0 Å². The van der Waals surface area contributed by atoms with Crippen molar-refractivity contribution in [1.82, 2.24) is 0 Å². The van der Waals surface area contributed by atoms with Crippen LogP contribution in [0.3, 0.4) is 0 Å². The van der Waals surface area contributed by atoms with Gasteiger partial charge in [0, 0.05) is 31.9 Å². The van der Waals surface area contributed by atoms with E-state index in [4.69, 9.17) is 0 Å². The van der Waals surface area contributed by atoms with Crippen LogP contribution in [0.25, 0.3) is 0 Å². The maximum atomic E-state index is 9.75. The van der Waals surface area contributed by atoms with E-state index >= 15 is 0 Å². The molecule has 0 N–H and O–H groups in total. The van der Waals surface area contributed by atoms with E-state index in [1.165, 1.54) is 16.8 Å². The molecule has 158 valence electrons. The van der Waals surface area contributed by atoms with Gasteiger partial charge in [-0.25, -0.2) is 0 Å². The first kappa shape index (κ1) is 23.2. The van der Waals surface area contributed by atoms with Crippen LogP contribution in [0, 0.1) is 0 Å². The van der Waals surface area contributed by atoms with E-state index in [0.717, 1.165) is 6.42 Å². The predicted octanol–water partition coefficient (Wildman–Crippen LogP) is 7.14. The number of hydrogen-bond acceptors (Lipinski definition) is 0. The Morgan fingerprint density at radius 1 is 0.828 bits per heavy atom. The van der Waals surface area contributed by atoms with Gasteiger partial charge in [-0.1, -0.05) is 69.3 Å². The lowest BCUT2D eigenvalue weighted by atomic mass is 9.77. The minimum absolute atomic E-state index is 0.0652. The number of halogens is 4. The Hall–Kier alpha value is -2.11. The Kier molecular flexibility index (Phi) is 6.36. The van der Waals surface area contributed by atoms with Crippen LogP contribution in [-0.2, 0) is 10.8 Å². The van der Waals surface area contributed by atoms with Crippen molar-refractivity contribution in [3.8, 4) is 0 Å². The van der Waals surface area contributed by atoms with Crippen molar-refractivity contribution < 1.29 is 21.8 Å². The van der Waals surface area contributed by atoms with Gasteiger partial charge in [0.15, 0.2) is 11.8 Å². The molecule has 1 nitrogen and oxygen atoms in total. The molecule has 1 aliphatic heterocycles. The third kappa shape index (κ3) is 5.94. The molecule has 1 atom stereocenters. The van der Waals surface area contributed by atoms with Gasteiger partial charge in [-0.15, -0.1) is 0 Å². The van der Waals surface area contributed by atoms with Gasteiger partial charge in [0.1, 0.15) is 0 Å². The standard InChI is InChI=1S/C23H30N.BF4/c1-21(2,3)19-14-10-11-15-20(19)24-17-23(6,16-22(24,4)5)18-12-8-7-9-13-18;2-1(3,4)5/h7-15,17H,16H2,1-6H3;/q+1;-1. The fourth-order valence-electron chi connectivity index (χ4n) is 4.20. The first-order valence-electron chi connectivity index (χ1n) is 9.81. The van der Waals surface area contributed by atoms with Crippen LogP contribution < -0.4 is 0 Å². The largest absolute Gasteiger partial charge is 0.673 e. The van der Waals surface area contributed by atoms with Crippen molar-refractivity contribution in [1.29, 1.82) is 0 Å². The second kappa shape index (κ2) is 7.96. The van der Waals surface area contributed by atoms with Crippen molar-refractivity contribution in [2.75, 3.05) is 0 Å². The van der Waals surface area contributed by atoms with Crippen LogP contribution in [0.15, 0.2) is 54.6 Å². The molecule has 2 aromatic rings. The summed E-state index contributed by atoms with van der Waals surface area (Å²) in [4.78, 5) is 0. The molecule has 0 saturated carbocycles. The maximum absolute atomic E-state index is 9.75. The highest BCUT2D eigenvalue weighted by molar-refractivity contribution is 6.50. The lowest BCUT2D eigenvalue weighted by Crippen LogP contribution is -2.31. The number of benzene rings is 2. The highest BCUT2D eigenvalue weighted by Gasteiger charge is 2.50. The molecule has 1 unspecified atom stereocenters. The zero-order valence-electron chi connectivity index (χ0n) is 18.0. The summed E-state index contributed by atoms with van der Waals surface area (Å²) < 4.78 is 41.5. The summed E-state index contributed by atoms with van der Waals surface area (Å²) in [7, 11) is -6.00. The van der Waals surface area contributed by atoms with Gasteiger partial charge in [-0.2, -0.15) is 4.58 Å². The van der Waals surface area contributed by atoms with Crippen molar-refractivity contribution >= 4 is 19.2 Å². The Balaban J connectivity index is 0.000000537. The van der Waals surface area contributed by atoms with Crippen molar-refractivity contribution in [3.63, 3.8) is 0 Å². The first-order valence-corrected chi connectivity index (χ1v) is 9.81. The zero-order chi connectivity index (χ0) is 22.1. The Morgan fingerprint density at radius 3 is 1.83 bits per heavy atom. The maximum Gasteiger partial charge on any atom is 0.673 e. The van der Waals surface area contributed by atoms with Crippen molar-refractivity contribution in [3.05, 3.63) is 65.7 Å². The van der Waals surface area contributed by atoms with Gasteiger partial charge in [-0.3, -0.25) is 0 Å². The summed E-state index contributed by atoms with van der Waals surface area (Å²) in [6.07, 6.45) is 3.56. The fraction of sp³-hybridized carbons (Fsp3) is 0.435. The third-order valence-corrected chi connectivity index (χ3v) is 5.27. The summed E-state index contributed by atoms with van der Waals surface area (Å²) in [6.45, 7) is 14.0. The van der Waals surface area contributed by atoms with E-state index in [9.17, 15) is 17.3 Å². The van der Waals surface area contributed by atoms with Crippen molar-refractivity contribution in [2.24, 2.45) is 0 Å². The molecule has 0 fully saturated rings. The molecule has 2 aromatic carbocycles. The van der Waals surface area contributed by atoms with Crippen LogP contribution in [0.4, 0.5) is 23.0 Å². The summed E-state index contributed by atoms with van der Waals surface area (Å²) >= 11 is 0. The van der Waals surface area contributed by atoms with E-state index in [1.807, 2.05) is 0 Å². The second-order valence-electron chi connectivity index (χ2n) is 9.53. The summed E-state index contributed by atoms with van der Waals surface area (Å²) in [6, 6.07) is 19.8. The molecule has 1 aliphatic rings. The molecule has 0 aromatic heterocycles. The fourth-order valence-corrected chi connectivity index (χ4v) is 4.20. The zero-order valence-corrected chi connectivity index (χ0v) is 18.0. The topological polar surface area (TPSA) is 3.01 Å². The van der Waals surface area contributed by atoms with Crippen LogP contribution in [0.5, 0.6) is 0 Å². The monoisotopic (exact) mass is 407 g/mol. The third-order valence-electron chi connectivity index (χ3n) is 5.27. The van der Waals surface area contributed by atoms with Crippen LogP contribution >= 0.6 is 0 Å². The summed E-state index contributed by atoms with van der Waals surface area (Å²) in [5.41, 5.74) is 4.43. The van der Waals surface area contributed by atoms with E-state index in [2.05, 4.69) is 107 Å².